The van der Waals surface area contributed by atoms with Crippen LogP contribution in [-0.2, 0) is 4.79 Å². The molecule has 0 aromatic heterocycles. The molecule has 0 aliphatic rings. The van der Waals surface area contributed by atoms with Gasteiger partial charge in [-0.1, -0.05) is 29.9 Å². The van der Waals surface area contributed by atoms with Crippen molar-refractivity contribution in [2.75, 3.05) is 0 Å². The van der Waals surface area contributed by atoms with Crippen molar-refractivity contribution in [3.63, 3.8) is 0 Å². The van der Waals surface area contributed by atoms with Crippen LogP contribution in [0.2, 0.25) is 0 Å². The number of aliphatic carboxylic acids is 1. The van der Waals surface area contributed by atoms with Gasteiger partial charge in [0.15, 0.2) is 0 Å². The van der Waals surface area contributed by atoms with E-state index in [2.05, 4.69) is 39.5 Å². The minimum absolute atomic E-state index is 0.286. The molecule has 0 bridgehead atoms. The van der Waals surface area contributed by atoms with Gasteiger partial charge in [-0.25, -0.2) is 4.79 Å². The van der Waals surface area contributed by atoms with Crippen molar-refractivity contribution in [2.45, 2.75) is 46.5 Å². The van der Waals surface area contributed by atoms with E-state index in [1.165, 1.54) is 11.1 Å². The van der Waals surface area contributed by atoms with Crippen LogP contribution in [0.4, 0.5) is 0 Å². The fourth-order valence-corrected chi connectivity index (χ4v) is 1.29. The monoisotopic (exact) mass is 222 g/mol. The highest BCUT2D eigenvalue weighted by molar-refractivity contribution is 5.85. The van der Waals surface area contributed by atoms with Gasteiger partial charge in [0.05, 0.1) is 0 Å². The third kappa shape index (κ3) is 8.04. The Morgan fingerprint density at radius 3 is 2.19 bits per heavy atom. The van der Waals surface area contributed by atoms with Gasteiger partial charge in [0.25, 0.3) is 0 Å². The third-order valence-corrected chi connectivity index (χ3v) is 2.33. The number of carboxylic acids is 1. The highest BCUT2D eigenvalue weighted by atomic mass is 16.4. The number of carboxylic acid groups (broad SMARTS) is 1. The van der Waals surface area contributed by atoms with E-state index in [0.29, 0.717) is 6.42 Å². The van der Waals surface area contributed by atoms with Gasteiger partial charge in [0.2, 0.25) is 0 Å². The first-order valence-electron chi connectivity index (χ1n) is 5.63. The Hall–Kier alpha value is -1.31. The van der Waals surface area contributed by atoms with E-state index < -0.39 is 5.97 Å². The molecule has 0 rings (SSSR count). The van der Waals surface area contributed by atoms with Crippen molar-refractivity contribution in [3.05, 3.63) is 35.5 Å². The van der Waals surface area contributed by atoms with Crippen LogP contribution < -0.4 is 0 Å². The quantitative estimate of drug-likeness (QED) is 0.520. The maximum absolute atomic E-state index is 10.5. The lowest BCUT2D eigenvalue weighted by Crippen LogP contribution is -1.97. The molecular formula is C14H22O2. The van der Waals surface area contributed by atoms with Crippen LogP contribution in [0, 0.1) is 0 Å². The lowest BCUT2D eigenvalue weighted by atomic mass is 10.1. The molecule has 1 N–H and O–H groups in total. The molecule has 0 aromatic rings. The van der Waals surface area contributed by atoms with Crippen LogP contribution in [0.3, 0.4) is 0 Å². The first kappa shape index (κ1) is 14.7. The molecule has 2 nitrogen and oxygen atoms in total. The normalized spacial score (nSPS) is 11.1. The summed E-state index contributed by atoms with van der Waals surface area (Å²) in [5.41, 5.74) is 2.94. The van der Waals surface area contributed by atoms with Crippen LogP contribution in [0.5, 0.6) is 0 Å². The number of allylic oxidation sites excluding steroid dienone is 4. The van der Waals surface area contributed by atoms with E-state index in [0.717, 1.165) is 19.3 Å². The minimum Gasteiger partial charge on any atom is -0.478 e. The molecule has 0 aromatic carbocycles. The molecule has 90 valence electrons. The van der Waals surface area contributed by atoms with Crippen LogP contribution in [0.1, 0.15) is 46.5 Å². The summed E-state index contributed by atoms with van der Waals surface area (Å²) in [4.78, 5) is 10.5. The van der Waals surface area contributed by atoms with E-state index >= 15 is 0 Å². The second-order valence-corrected chi connectivity index (χ2v) is 4.32. The molecular weight excluding hydrogens is 200 g/mol. The first-order valence-corrected chi connectivity index (χ1v) is 5.63. The van der Waals surface area contributed by atoms with Crippen molar-refractivity contribution in [1.29, 1.82) is 0 Å². The van der Waals surface area contributed by atoms with Crippen LogP contribution in [-0.4, -0.2) is 11.1 Å². The summed E-state index contributed by atoms with van der Waals surface area (Å²) in [6.07, 6.45) is 7.73. The summed E-state index contributed by atoms with van der Waals surface area (Å²) in [6.45, 7) is 9.77. The molecule has 2 heteroatoms. The van der Waals surface area contributed by atoms with Crippen molar-refractivity contribution >= 4 is 5.97 Å². The average molecular weight is 222 g/mol. The number of hydrogen-bond acceptors (Lipinski definition) is 1. The summed E-state index contributed by atoms with van der Waals surface area (Å²) in [5.74, 6) is -0.893. The fourth-order valence-electron chi connectivity index (χ4n) is 1.29. The Kier molecular flexibility index (Phi) is 7.27. The van der Waals surface area contributed by atoms with Gasteiger partial charge in [0.1, 0.15) is 0 Å². The lowest BCUT2D eigenvalue weighted by Gasteiger charge is -2.00. The Balaban J connectivity index is 3.83. The van der Waals surface area contributed by atoms with Gasteiger partial charge in [0, 0.05) is 5.57 Å². The van der Waals surface area contributed by atoms with Crippen molar-refractivity contribution in [3.8, 4) is 0 Å². The number of rotatable bonds is 7. The number of carbonyl (C=O) groups is 1. The van der Waals surface area contributed by atoms with E-state index in [4.69, 9.17) is 5.11 Å². The zero-order valence-corrected chi connectivity index (χ0v) is 10.5. The van der Waals surface area contributed by atoms with Crippen LogP contribution in [0.15, 0.2) is 35.5 Å². The predicted octanol–water partition coefficient (Wildman–Crippen LogP) is 4.10. The standard InChI is InChI=1S/C14H22O2/c1-11(2)7-5-8-12(3)9-6-10-13(4)14(15)16/h7,9H,4-6,8,10H2,1-3H3,(H,15,16). The second kappa shape index (κ2) is 7.91. The average Bonchev–Trinajstić information content (AvgIpc) is 2.16. The Morgan fingerprint density at radius 2 is 1.69 bits per heavy atom. The highest BCUT2D eigenvalue weighted by Gasteiger charge is 2.01. The van der Waals surface area contributed by atoms with E-state index in [9.17, 15) is 4.79 Å². The van der Waals surface area contributed by atoms with E-state index in [1.807, 2.05) is 0 Å². The molecule has 0 aliphatic carbocycles. The summed E-state index contributed by atoms with van der Waals surface area (Å²) >= 11 is 0. The Labute approximate surface area is 98.4 Å². The van der Waals surface area contributed by atoms with Crippen LogP contribution >= 0.6 is 0 Å². The zero-order chi connectivity index (χ0) is 12.6. The molecule has 0 spiro atoms. The largest absolute Gasteiger partial charge is 0.478 e. The van der Waals surface area contributed by atoms with Gasteiger partial charge >= 0.3 is 5.97 Å². The van der Waals surface area contributed by atoms with Crippen molar-refractivity contribution in [1.82, 2.24) is 0 Å². The second-order valence-electron chi connectivity index (χ2n) is 4.32. The zero-order valence-electron chi connectivity index (χ0n) is 10.5. The molecule has 0 aliphatic heterocycles. The summed E-state index contributed by atoms with van der Waals surface area (Å²) in [6, 6.07) is 0. The molecule has 0 heterocycles. The summed E-state index contributed by atoms with van der Waals surface area (Å²) in [7, 11) is 0. The Bertz CT molecular complexity index is 305. The molecule has 0 saturated carbocycles. The van der Waals surface area contributed by atoms with Gasteiger partial charge in [-0.3, -0.25) is 0 Å². The fraction of sp³-hybridized carbons (Fsp3) is 0.500. The van der Waals surface area contributed by atoms with Crippen molar-refractivity contribution < 1.29 is 9.90 Å². The van der Waals surface area contributed by atoms with E-state index in [-0.39, 0.29) is 5.57 Å². The lowest BCUT2D eigenvalue weighted by molar-refractivity contribution is -0.132. The smallest absolute Gasteiger partial charge is 0.330 e. The molecule has 0 atom stereocenters. The molecule has 0 saturated heterocycles. The maximum Gasteiger partial charge on any atom is 0.330 e. The number of hydrogen-bond donors (Lipinski definition) is 1. The maximum atomic E-state index is 10.5. The highest BCUT2D eigenvalue weighted by Crippen LogP contribution is 2.10. The molecule has 0 amide bonds. The summed E-state index contributed by atoms with van der Waals surface area (Å²) < 4.78 is 0. The SMILES string of the molecule is C=C(CCC=C(C)CCC=C(C)C)C(=O)O. The van der Waals surface area contributed by atoms with Gasteiger partial charge in [-0.15, -0.1) is 0 Å². The molecule has 16 heavy (non-hydrogen) atoms. The predicted molar refractivity (Wildman–Crippen MR) is 68.4 cm³/mol. The topological polar surface area (TPSA) is 37.3 Å². The van der Waals surface area contributed by atoms with E-state index in [1.54, 1.807) is 0 Å². The van der Waals surface area contributed by atoms with Gasteiger partial charge < -0.3 is 5.11 Å². The Morgan fingerprint density at radius 1 is 1.12 bits per heavy atom. The summed E-state index contributed by atoms with van der Waals surface area (Å²) in [5, 5.41) is 8.62. The molecule has 0 radical (unpaired) electrons. The van der Waals surface area contributed by atoms with Gasteiger partial charge in [-0.2, -0.15) is 0 Å². The third-order valence-electron chi connectivity index (χ3n) is 2.33. The first-order chi connectivity index (χ1) is 7.43. The minimum atomic E-state index is -0.893. The van der Waals surface area contributed by atoms with Crippen molar-refractivity contribution in [2.24, 2.45) is 0 Å². The van der Waals surface area contributed by atoms with Crippen LogP contribution in [0.25, 0.3) is 0 Å². The molecule has 0 unspecified atom stereocenters. The van der Waals surface area contributed by atoms with Gasteiger partial charge in [-0.05, 0) is 46.5 Å². The molecule has 0 fully saturated rings.